The Balaban J connectivity index is 1.64. The molecule has 0 spiro atoms. The average molecular weight is 447 g/mol. The summed E-state index contributed by atoms with van der Waals surface area (Å²) >= 11 is 0. The molecule has 3 aliphatic heterocycles. The Bertz CT molecular complexity index is 1060. The van der Waals surface area contributed by atoms with E-state index in [0.29, 0.717) is 42.9 Å². The van der Waals surface area contributed by atoms with E-state index in [1.165, 1.54) is 4.90 Å². The van der Waals surface area contributed by atoms with Gasteiger partial charge in [-0.05, 0) is 26.8 Å². The van der Waals surface area contributed by atoms with Crippen LogP contribution in [0.3, 0.4) is 0 Å². The first kappa shape index (κ1) is 21.2. The Morgan fingerprint density at radius 2 is 2.03 bits per heavy atom. The number of carbonyl (C=O) groups is 1. The summed E-state index contributed by atoms with van der Waals surface area (Å²) in [5.41, 5.74) is 0.105. The van der Waals surface area contributed by atoms with Crippen LogP contribution in [0.1, 0.15) is 32.6 Å². The van der Waals surface area contributed by atoms with E-state index in [-0.39, 0.29) is 30.2 Å². The van der Waals surface area contributed by atoms with Crippen LogP contribution >= 0.6 is 0 Å². The number of anilines is 2. The summed E-state index contributed by atoms with van der Waals surface area (Å²) in [5, 5.41) is 4.38. The number of cyclic esters (lactones) is 1. The Morgan fingerprint density at radius 3 is 2.69 bits per heavy atom. The zero-order chi connectivity index (χ0) is 22.6. The van der Waals surface area contributed by atoms with Crippen LogP contribution in [0.4, 0.5) is 20.7 Å². The largest absolute Gasteiger partial charge is 0.441 e. The Morgan fingerprint density at radius 1 is 1.28 bits per heavy atom. The van der Waals surface area contributed by atoms with E-state index in [9.17, 15) is 4.79 Å². The third-order valence-corrected chi connectivity index (χ3v) is 5.81. The van der Waals surface area contributed by atoms with Crippen molar-refractivity contribution < 1.29 is 32.7 Å². The van der Waals surface area contributed by atoms with Gasteiger partial charge in [0, 0.05) is 18.7 Å². The fourth-order valence-electron chi connectivity index (χ4n) is 4.50. The monoisotopic (exact) mass is 447 g/mol. The minimum Gasteiger partial charge on any atom is -0.441 e. The van der Waals surface area contributed by atoms with Gasteiger partial charge in [0.25, 0.3) is 0 Å². The second kappa shape index (κ2) is 7.72. The molecule has 32 heavy (non-hydrogen) atoms. The number of morpholine rings is 1. The van der Waals surface area contributed by atoms with E-state index < -0.39 is 23.8 Å². The maximum absolute atomic E-state index is 16.0. The highest BCUT2D eigenvalue weighted by Crippen LogP contribution is 2.42. The summed E-state index contributed by atoms with van der Waals surface area (Å²) in [7, 11) is 0. The van der Waals surface area contributed by atoms with Crippen LogP contribution in [-0.2, 0) is 18.9 Å². The Labute approximate surface area is 184 Å². The number of halogens is 1. The first-order chi connectivity index (χ1) is 15.3. The summed E-state index contributed by atoms with van der Waals surface area (Å²) in [5.74, 6) is -0.376. The van der Waals surface area contributed by atoms with Crippen molar-refractivity contribution in [1.29, 1.82) is 0 Å². The van der Waals surface area contributed by atoms with Gasteiger partial charge in [-0.15, -0.1) is 6.58 Å². The smallest absolute Gasteiger partial charge is 0.416 e. The molecule has 0 unspecified atom stereocenters. The van der Waals surface area contributed by atoms with Gasteiger partial charge in [-0.1, -0.05) is 11.2 Å². The Hall–Kier alpha value is -2.69. The van der Waals surface area contributed by atoms with E-state index in [1.807, 2.05) is 11.8 Å². The van der Waals surface area contributed by atoms with Crippen molar-refractivity contribution in [2.75, 3.05) is 42.6 Å². The van der Waals surface area contributed by atoms with Gasteiger partial charge in [-0.3, -0.25) is 4.90 Å². The van der Waals surface area contributed by atoms with Crippen molar-refractivity contribution in [2.45, 2.75) is 44.9 Å². The van der Waals surface area contributed by atoms with Gasteiger partial charge in [0.2, 0.25) is 5.58 Å². The highest BCUT2D eigenvalue weighted by atomic mass is 19.1. The minimum atomic E-state index is -0.742. The first-order valence-corrected chi connectivity index (χ1v) is 10.7. The third kappa shape index (κ3) is 3.52. The summed E-state index contributed by atoms with van der Waals surface area (Å²) in [6.07, 6.45) is 0.0228. The van der Waals surface area contributed by atoms with Crippen LogP contribution in [0.2, 0.25) is 0 Å². The van der Waals surface area contributed by atoms with Crippen molar-refractivity contribution in [3.63, 3.8) is 0 Å². The van der Waals surface area contributed by atoms with Crippen LogP contribution in [0, 0.1) is 5.82 Å². The van der Waals surface area contributed by atoms with Gasteiger partial charge in [0.05, 0.1) is 43.0 Å². The molecule has 0 saturated carbocycles. The molecule has 5 rings (SSSR count). The molecular formula is C22H26FN3O6. The van der Waals surface area contributed by atoms with Gasteiger partial charge in [-0.25, -0.2) is 9.18 Å². The Kier molecular flexibility index (Phi) is 5.11. The van der Waals surface area contributed by atoms with E-state index in [0.717, 1.165) is 0 Å². The lowest BCUT2D eigenvalue weighted by Gasteiger charge is -2.38. The van der Waals surface area contributed by atoms with Crippen molar-refractivity contribution >= 4 is 28.6 Å². The molecule has 3 saturated heterocycles. The first-order valence-electron chi connectivity index (χ1n) is 10.7. The molecule has 4 heterocycles. The molecule has 9 nitrogen and oxygen atoms in total. The number of fused-ring (bicyclic) bond motifs is 1. The third-order valence-electron chi connectivity index (χ3n) is 5.81. The van der Waals surface area contributed by atoms with Crippen LogP contribution in [0.5, 0.6) is 0 Å². The van der Waals surface area contributed by atoms with E-state index >= 15 is 4.39 Å². The predicted molar refractivity (Wildman–Crippen MR) is 113 cm³/mol. The van der Waals surface area contributed by atoms with Crippen LogP contribution in [0.25, 0.3) is 11.0 Å². The standard InChI is InChI=1S/C22H26FN3O6/c1-5-13-10-25(9-12(2)30-13)17-14(20-28-6-7-29-20)8-15-18(16(17)23)32-24-19(15)26-11-22(3,4)31-21(26)27/h5,8,12-13,20H,1,6-7,9-11H2,2-4H3/t12-,13+/m1/s1. The lowest BCUT2D eigenvalue weighted by Crippen LogP contribution is -2.46. The molecule has 2 atom stereocenters. The summed E-state index contributed by atoms with van der Waals surface area (Å²) < 4.78 is 44.1. The molecule has 10 heteroatoms. The lowest BCUT2D eigenvalue weighted by molar-refractivity contribution is -0.0443. The van der Waals surface area contributed by atoms with Gasteiger partial charge < -0.3 is 28.4 Å². The topological polar surface area (TPSA) is 86.5 Å². The number of ether oxygens (including phenoxy) is 4. The predicted octanol–water partition coefficient (Wildman–Crippen LogP) is 3.53. The SMILES string of the molecule is C=C[C@H]1CN(c2c(C3OCCO3)cc3c(N4CC(C)(C)OC4=O)noc3c2F)C[C@@H](C)O1. The zero-order valence-electron chi connectivity index (χ0n) is 18.3. The van der Waals surface area contributed by atoms with Crippen molar-refractivity contribution in [1.82, 2.24) is 5.16 Å². The number of nitrogens with zero attached hydrogens (tertiary/aromatic N) is 3. The molecular weight excluding hydrogens is 421 g/mol. The number of hydrogen-bond donors (Lipinski definition) is 0. The number of aromatic nitrogens is 1. The van der Waals surface area contributed by atoms with E-state index in [1.54, 1.807) is 26.0 Å². The normalized spacial score (nSPS) is 26.2. The van der Waals surface area contributed by atoms with Gasteiger partial charge in [0.1, 0.15) is 5.60 Å². The van der Waals surface area contributed by atoms with Crippen molar-refractivity contribution in [2.24, 2.45) is 0 Å². The molecule has 172 valence electrons. The van der Waals surface area contributed by atoms with Gasteiger partial charge in [-0.2, -0.15) is 0 Å². The highest BCUT2D eigenvalue weighted by Gasteiger charge is 2.42. The second-order valence-corrected chi connectivity index (χ2v) is 8.92. The fraction of sp³-hybridized carbons (Fsp3) is 0.545. The second-order valence-electron chi connectivity index (χ2n) is 8.92. The van der Waals surface area contributed by atoms with E-state index in [4.69, 9.17) is 23.5 Å². The van der Waals surface area contributed by atoms with Crippen molar-refractivity contribution in [3.8, 4) is 0 Å². The molecule has 0 radical (unpaired) electrons. The van der Waals surface area contributed by atoms with Crippen molar-refractivity contribution in [3.05, 3.63) is 30.1 Å². The average Bonchev–Trinajstić information content (AvgIpc) is 3.46. The molecule has 3 aliphatic rings. The van der Waals surface area contributed by atoms with Crippen LogP contribution < -0.4 is 9.80 Å². The quantitative estimate of drug-likeness (QED) is 0.658. The molecule has 1 aromatic carbocycles. The molecule has 1 aromatic heterocycles. The number of hydrogen-bond acceptors (Lipinski definition) is 8. The highest BCUT2D eigenvalue weighted by molar-refractivity contribution is 6.01. The molecule has 0 aliphatic carbocycles. The number of amides is 1. The van der Waals surface area contributed by atoms with E-state index in [2.05, 4.69) is 11.7 Å². The molecule has 1 amide bonds. The molecule has 3 fully saturated rings. The number of carbonyl (C=O) groups excluding carboxylic acids is 1. The molecule has 0 N–H and O–H groups in total. The zero-order valence-corrected chi connectivity index (χ0v) is 18.3. The summed E-state index contributed by atoms with van der Waals surface area (Å²) in [6.45, 7) is 11.3. The number of rotatable bonds is 4. The molecule has 2 aromatic rings. The summed E-state index contributed by atoms with van der Waals surface area (Å²) in [6, 6.07) is 1.73. The van der Waals surface area contributed by atoms with Gasteiger partial charge >= 0.3 is 6.09 Å². The number of benzene rings is 1. The minimum absolute atomic E-state index is 0.0384. The summed E-state index contributed by atoms with van der Waals surface area (Å²) in [4.78, 5) is 15.7. The molecule has 0 bridgehead atoms. The maximum atomic E-state index is 16.0. The maximum Gasteiger partial charge on any atom is 0.416 e. The van der Waals surface area contributed by atoms with Crippen LogP contribution in [0.15, 0.2) is 23.2 Å². The fourth-order valence-corrected chi connectivity index (χ4v) is 4.50. The lowest BCUT2D eigenvalue weighted by atomic mass is 10.0. The van der Waals surface area contributed by atoms with Gasteiger partial charge in [0.15, 0.2) is 17.9 Å². The van der Waals surface area contributed by atoms with Crippen LogP contribution in [-0.4, -0.2) is 61.9 Å².